The third-order valence-corrected chi connectivity index (χ3v) is 3.31. The molecule has 1 aromatic rings. The van der Waals surface area contributed by atoms with E-state index >= 15 is 0 Å². The number of benzene rings is 1. The number of alkyl halides is 3. The maximum atomic E-state index is 12.6. The summed E-state index contributed by atoms with van der Waals surface area (Å²) >= 11 is 0. The zero-order chi connectivity index (χ0) is 14.5. The van der Waals surface area contributed by atoms with Gasteiger partial charge in [0, 0.05) is 0 Å². The van der Waals surface area contributed by atoms with Crippen LogP contribution in [0.15, 0.2) is 18.2 Å². The third-order valence-electron chi connectivity index (χ3n) is 3.31. The van der Waals surface area contributed by atoms with Crippen LogP contribution in [0.3, 0.4) is 0 Å². The highest BCUT2D eigenvalue weighted by molar-refractivity contribution is 5.34. The number of nitrogens with one attached hydrogen (secondary N) is 1. The fraction of sp³-hybridized carbons (Fsp3) is 0.600. The Balaban J connectivity index is 2.68. The van der Waals surface area contributed by atoms with Gasteiger partial charge in [0.2, 0.25) is 0 Å². The molecular formula is C15H22F3N. The van der Waals surface area contributed by atoms with Gasteiger partial charge < -0.3 is 5.32 Å². The molecule has 0 spiro atoms. The van der Waals surface area contributed by atoms with E-state index in [0.717, 1.165) is 37.1 Å². The van der Waals surface area contributed by atoms with Crippen LogP contribution in [0.2, 0.25) is 0 Å². The van der Waals surface area contributed by atoms with Crippen LogP contribution in [0, 0.1) is 6.92 Å². The molecule has 1 atom stereocenters. The minimum Gasteiger partial charge on any atom is -0.317 e. The largest absolute Gasteiger partial charge is 0.416 e. The number of aryl methyl sites for hydroxylation is 1. The minimum atomic E-state index is -4.25. The van der Waals surface area contributed by atoms with E-state index in [4.69, 9.17) is 0 Å². The number of rotatable bonds is 6. The molecule has 1 N–H and O–H groups in total. The highest BCUT2D eigenvalue weighted by atomic mass is 19.4. The van der Waals surface area contributed by atoms with Crippen molar-refractivity contribution < 1.29 is 13.2 Å². The molecule has 0 aliphatic rings. The normalized spacial score (nSPS) is 13.6. The molecule has 0 bridgehead atoms. The molecule has 4 heteroatoms. The molecular weight excluding hydrogens is 251 g/mol. The molecule has 0 aliphatic heterocycles. The van der Waals surface area contributed by atoms with Crippen molar-refractivity contribution in [3.05, 3.63) is 34.9 Å². The van der Waals surface area contributed by atoms with Crippen molar-refractivity contribution in [2.45, 2.75) is 45.7 Å². The van der Waals surface area contributed by atoms with Crippen molar-refractivity contribution in [1.82, 2.24) is 5.32 Å². The lowest BCUT2D eigenvalue weighted by Crippen LogP contribution is -2.18. The molecule has 0 heterocycles. The van der Waals surface area contributed by atoms with Crippen LogP contribution in [-0.2, 0) is 6.18 Å². The van der Waals surface area contributed by atoms with Crippen LogP contribution in [0.25, 0.3) is 0 Å². The van der Waals surface area contributed by atoms with Crippen molar-refractivity contribution in [1.29, 1.82) is 0 Å². The smallest absolute Gasteiger partial charge is 0.317 e. The molecule has 1 nitrogen and oxygen atoms in total. The summed E-state index contributed by atoms with van der Waals surface area (Å²) in [5.74, 6) is 0.270. The van der Waals surface area contributed by atoms with Crippen molar-refractivity contribution in [2.24, 2.45) is 0 Å². The van der Waals surface area contributed by atoms with Gasteiger partial charge >= 0.3 is 6.18 Å². The van der Waals surface area contributed by atoms with Gasteiger partial charge in [-0.25, -0.2) is 0 Å². The van der Waals surface area contributed by atoms with Crippen LogP contribution in [0.1, 0.15) is 49.3 Å². The summed E-state index contributed by atoms with van der Waals surface area (Å²) < 4.78 is 37.7. The molecule has 19 heavy (non-hydrogen) atoms. The maximum absolute atomic E-state index is 12.6. The molecule has 0 radical (unpaired) electrons. The van der Waals surface area contributed by atoms with Crippen molar-refractivity contribution in [3.63, 3.8) is 0 Å². The highest BCUT2D eigenvalue weighted by Crippen LogP contribution is 2.32. The van der Waals surface area contributed by atoms with Gasteiger partial charge in [0.15, 0.2) is 0 Å². The molecule has 108 valence electrons. The summed E-state index contributed by atoms with van der Waals surface area (Å²) in [5.41, 5.74) is 1.16. The number of hydrogen-bond donors (Lipinski definition) is 1. The van der Waals surface area contributed by atoms with Crippen LogP contribution in [0.4, 0.5) is 13.2 Å². The maximum Gasteiger partial charge on any atom is 0.416 e. The van der Waals surface area contributed by atoms with Crippen LogP contribution in [-0.4, -0.2) is 13.1 Å². The van der Waals surface area contributed by atoms with E-state index in [0.29, 0.717) is 0 Å². The van der Waals surface area contributed by atoms with E-state index in [-0.39, 0.29) is 5.92 Å². The number of halogens is 3. The molecule has 1 rings (SSSR count). The molecule has 0 aromatic heterocycles. The van der Waals surface area contributed by atoms with Gasteiger partial charge in [-0.3, -0.25) is 0 Å². The SMILES string of the molecule is CCCNCCC(C)c1ccc(C(F)(F)F)cc1C. The summed E-state index contributed by atoms with van der Waals surface area (Å²) in [6.45, 7) is 7.80. The Morgan fingerprint density at radius 3 is 2.42 bits per heavy atom. The monoisotopic (exact) mass is 273 g/mol. The lowest BCUT2D eigenvalue weighted by Gasteiger charge is -2.17. The van der Waals surface area contributed by atoms with Crippen LogP contribution in [0.5, 0.6) is 0 Å². The Morgan fingerprint density at radius 1 is 1.21 bits per heavy atom. The predicted octanol–water partition coefficient (Wildman–Crippen LogP) is 4.51. The molecule has 1 unspecified atom stereocenters. The first-order valence-electron chi connectivity index (χ1n) is 6.74. The van der Waals surface area contributed by atoms with Gasteiger partial charge in [0.25, 0.3) is 0 Å². The van der Waals surface area contributed by atoms with Gasteiger partial charge in [-0.1, -0.05) is 19.9 Å². The van der Waals surface area contributed by atoms with Crippen LogP contribution >= 0.6 is 0 Å². The van der Waals surface area contributed by atoms with E-state index in [1.54, 1.807) is 13.0 Å². The van der Waals surface area contributed by atoms with E-state index in [9.17, 15) is 13.2 Å². The van der Waals surface area contributed by atoms with Crippen molar-refractivity contribution in [3.8, 4) is 0 Å². The lowest BCUT2D eigenvalue weighted by atomic mass is 9.92. The molecule has 0 saturated carbocycles. The summed E-state index contributed by atoms with van der Waals surface area (Å²) in [5, 5.41) is 3.31. The second kappa shape index (κ2) is 6.94. The fourth-order valence-electron chi connectivity index (χ4n) is 2.18. The minimum absolute atomic E-state index is 0.270. The van der Waals surface area contributed by atoms with Crippen molar-refractivity contribution in [2.75, 3.05) is 13.1 Å². The van der Waals surface area contributed by atoms with E-state index < -0.39 is 11.7 Å². The summed E-state index contributed by atoms with van der Waals surface area (Å²) in [7, 11) is 0. The lowest BCUT2D eigenvalue weighted by molar-refractivity contribution is -0.137. The molecule has 0 fully saturated rings. The second-order valence-corrected chi connectivity index (χ2v) is 5.01. The van der Waals surface area contributed by atoms with E-state index in [1.807, 2.05) is 0 Å². The zero-order valence-electron chi connectivity index (χ0n) is 11.8. The Labute approximate surface area is 113 Å². The Morgan fingerprint density at radius 2 is 1.89 bits per heavy atom. The number of hydrogen-bond acceptors (Lipinski definition) is 1. The Bertz CT molecular complexity index is 399. The first-order chi connectivity index (χ1) is 8.86. The zero-order valence-corrected chi connectivity index (χ0v) is 11.8. The van der Waals surface area contributed by atoms with Gasteiger partial charge in [-0.2, -0.15) is 13.2 Å². The van der Waals surface area contributed by atoms with Gasteiger partial charge in [-0.05, 0) is 62.0 Å². The molecule has 0 amide bonds. The molecule has 1 aromatic carbocycles. The van der Waals surface area contributed by atoms with E-state index in [2.05, 4.69) is 19.2 Å². The quantitative estimate of drug-likeness (QED) is 0.752. The highest BCUT2D eigenvalue weighted by Gasteiger charge is 2.30. The standard InChI is InChI=1S/C15H22F3N/c1-4-8-19-9-7-11(2)14-6-5-13(10-12(14)3)15(16,17)18/h5-6,10-11,19H,4,7-9H2,1-3H3. The molecule has 0 saturated heterocycles. The van der Waals surface area contributed by atoms with Crippen molar-refractivity contribution >= 4 is 0 Å². The topological polar surface area (TPSA) is 12.0 Å². The first-order valence-corrected chi connectivity index (χ1v) is 6.74. The Kier molecular flexibility index (Phi) is 5.85. The second-order valence-electron chi connectivity index (χ2n) is 5.01. The first kappa shape index (κ1) is 16.0. The average Bonchev–Trinajstić information content (AvgIpc) is 2.33. The van der Waals surface area contributed by atoms with E-state index in [1.165, 1.54) is 12.1 Å². The fourth-order valence-corrected chi connectivity index (χ4v) is 2.18. The third kappa shape index (κ3) is 4.86. The summed E-state index contributed by atoms with van der Waals surface area (Å²) in [6.07, 6.45) is -2.23. The van der Waals surface area contributed by atoms with Gasteiger partial charge in [0.1, 0.15) is 0 Å². The molecule has 0 aliphatic carbocycles. The predicted molar refractivity (Wildman–Crippen MR) is 72.4 cm³/mol. The Hall–Kier alpha value is -1.03. The van der Waals surface area contributed by atoms with Gasteiger partial charge in [0.05, 0.1) is 5.56 Å². The van der Waals surface area contributed by atoms with Crippen LogP contribution < -0.4 is 5.32 Å². The average molecular weight is 273 g/mol. The summed E-state index contributed by atoms with van der Waals surface area (Å²) in [6, 6.07) is 4.03. The van der Waals surface area contributed by atoms with Gasteiger partial charge in [-0.15, -0.1) is 0 Å². The summed E-state index contributed by atoms with van der Waals surface area (Å²) in [4.78, 5) is 0.